The van der Waals surface area contributed by atoms with Crippen molar-refractivity contribution in [2.75, 3.05) is 11.9 Å². The zero-order valence-electron chi connectivity index (χ0n) is 11.7. The third-order valence-corrected chi connectivity index (χ3v) is 4.35. The number of hydrogen-bond donors (Lipinski definition) is 2. The highest BCUT2D eigenvalue weighted by Gasteiger charge is 2.48. The Morgan fingerprint density at radius 2 is 2.32 bits per heavy atom. The fourth-order valence-electron chi connectivity index (χ4n) is 2.89. The standard InChI is InChI=1S/C15H21N3O/c1-4-19-13-8-12(15(13,2)3)17-11-7-5-6-10-9-16-18-14(10)11/h5-7,9,12-13,17H,4,8H2,1-3H3,(H,16,18). The molecule has 4 heteroatoms. The summed E-state index contributed by atoms with van der Waals surface area (Å²) in [7, 11) is 0. The summed E-state index contributed by atoms with van der Waals surface area (Å²) in [4.78, 5) is 0. The van der Waals surface area contributed by atoms with E-state index in [9.17, 15) is 0 Å². The van der Waals surface area contributed by atoms with Crippen LogP contribution in [0.25, 0.3) is 10.9 Å². The van der Waals surface area contributed by atoms with E-state index in [0.717, 1.165) is 29.6 Å². The molecule has 1 heterocycles. The number of ether oxygens (including phenoxy) is 1. The Bertz CT molecular complexity index is 576. The van der Waals surface area contributed by atoms with Crippen LogP contribution in [0.2, 0.25) is 0 Å². The molecular weight excluding hydrogens is 238 g/mol. The third-order valence-electron chi connectivity index (χ3n) is 4.35. The number of H-pyrrole nitrogens is 1. The zero-order chi connectivity index (χ0) is 13.5. The van der Waals surface area contributed by atoms with E-state index in [-0.39, 0.29) is 5.41 Å². The van der Waals surface area contributed by atoms with Gasteiger partial charge in [0, 0.05) is 23.4 Å². The smallest absolute Gasteiger partial charge is 0.0881 e. The van der Waals surface area contributed by atoms with Crippen molar-refractivity contribution in [3.05, 3.63) is 24.4 Å². The van der Waals surface area contributed by atoms with Gasteiger partial charge in [0.15, 0.2) is 0 Å². The zero-order valence-corrected chi connectivity index (χ0v) is 11.7. The maximum Gasteiger partial charge on any atom is 0.0881 e. The first-order valence-electron chi connectivity index (χ1n) is 6.93. The topological polar surface area (TPSA) is 49.9 Å². The van der Waals surface area contributed by atoms with Crippen molar-refractivity contribution in [2.45, 2.75) is 39.3 Å². The van der Waals surface area contributed by atoms with Crippen LogP contribution >= 0.6 is 0 Å². The number of para-hydroxylation sites is 1. The van der Waals surface area contributed by atoms with E-state index in [0.29, 0.717) is 12.1 Å². The molecule has 2 N–H and O–H groups in total. The summed E-state index contributed by atoms with van der Waals surface area (Å²) in [5.74, 6) is 0. The van der Waals surface area contributed by atoms with E-state index in [4.69, 9.17) is 4.74 Å². The fourth-order valence-corrected chi connectivity index (χ4v) is 2.89. The van der Waals surface area contributed by atoms with Crippen molar-refractivity contribution in [1.29, 1.82) is 0 Å². The molecule has 1 saturated carbocycles. The number of rotatable bonds is 4. The van der Waals surface area contributed by atoms with Crippen molar-refractivity contribution in [1.82, 2.24) is 10.2 Å². The average Bonchev–Trinajstić information content (AvgIpc) is 2.86. The number of fused-ring (bicyclic) bond motifs is 1. The van der Waals surface area contributed by atoms with Crippen LogP contribution in [0.3, 0.4) is 0 Å². The van der Waals surface area contributed by atoms with Crippen molar-refractivity contribution < 1.29 is 4.74 Å². The number of aromatic amines is 1. The van der Waals surface area contributed by atoms with Gasteiger partial charge in [-0.3, -0.25) is 5.10 Å². The van der Waals surface area contributed by atoms with E-state index < -0.39 is 0 Å². The molecule has 1 aromatic heterocycles. The molecule has 19 heavy (non-hydrogen) atoms. The lowest BCUT2D eigenvalue weighted by Crippen LogP contribution is -2.58. The van der Waals surface area contributed by atoms with Crippen LogP contribution in [-0.4, -0.2) is 29.0 Å². The predicted octanol–water partition coefficient (Wildman–Crippen LogP) is 3.18. The number of nitrogens with one attached hydrogen (secondary N) is 2. The lowest BCUT2D eigenvalue weighted by molar-refractivity contribution is -0.0975. The van der Waals surface area contributed by atoms with Gasteiger partial charge in [-0.05, 0) is 19.4 Å². The molecule has 2 aromatic rings. The summed E-state index contributed by atoms with van der Waals surface area (Å²) in [6.45, 7) is 7.38. The Kier molecular flexibility index (Phi) is 2.97. The highest BCUT2D eigenvalue weighted by Crippen LogP contribution is 2.44. The molecule has 0 bridgehead atoms. The Morgan fingerprint density at radius 3 is 3.05 bits per heavy atom. The summed E-state index contributed by atoms with van der Waals surface area (Å²) in [6, 6.07) is 6.67. The molecule has 1 aliphatic carbocycles. The molecule has 102 valence electrons. The monoisotopic (exact) mass is 259 g/mol. The summed E-state index contributed by atoms with van der Waals surface area (Å²) in [5.41, 5.74) is 2.37. The van der Waals surface area contributed by atoms with Crippen LogP contribution in [-0.2, 0) is 4.74 Å². The van der Waals surface area contributed by atoms with Crippen LogP contribution < -0.4 is 5.32 Å². The molecule has 0 aliphatic heterocycles. The minimum Gasteiger partial charge on any atom is -0.380 e. The van der Waals surface area contributed by atoms with Crippen molar-refractivity contribution in [2.24, 2.45) is 5.41 Å². The molecule has 3 rings (SSSR count). The maximum absolute atomic E-state index is 5.77. The SMILES string of the molecule is CCOC1CC(Nc2cccc3cn[nH]c23)C1(C)C. The van der Waals surface area contributed by atoms with E-state index >= 15 is 0 Å². The molecule has 1 fully saturated rings. The number of aromatic nitrogens is 2. The summed E-state index contributed by atoms with van der Waals surface area (Å²) >= 11 is 0. The second-order valence-electron chi connectivity index (χ2n) is 5.84. The molecule has 1 aromatic carbocycles. The van der Waals surface area contributed by atoms with Gasteiger partial charge in [-0.1, -0.05) is 26.0 Å². The molecule has 2 atom stereocenters. The lowest BCUT2D eigenvalue weighted by atomic mass is 9.64. The van der Waals surface area contributed by atoms with Crippen LogP contribution in [0.15, 0.2) is 24.4 Å². The molecule has 0 spiro atoms. The first-order chi connectivity index (χ1) is 9.13. The summed E-state index contributed by atoms with van der Waals surface area (Å²) in [5, 5.41) is 11.9. The van der Waals surface area contributed by atoms with E-state index in [1.165, 1.54) is 0 Å². The molecule has 1 aliphatic rings. The van der Waals surface area contributed by atoms with Crippen molar-refractivity contribution >= 4 is 16.6 Å². The Balaban J connectivity index is 1.78. The molecule has 0 saturated heterocycles. The van der Waals surface area contributed by atoms with Gasteiger partial charge >= 0.3 is 0 Å². The number of benzene rings is 1. The highest BCUT2D eigenvalue weighted by atomic mass is 16.5. The number of anilines is 1. The Morgan fingerprint density at radius 1 is 1.47 bits per heavy atom. The molecule has 0 amide bonds. The number of nitrogens with zero attached hydrogens (tertiary/aromatic N) is 1. The second kappa shape index (κ2) is 4.53. The first-order valence-corrected chi connectivity index (χ1v) is 6.93. The summed E-state index contributed by atoms with van der Waals surface area (Å²) < 4.78 is 5.77. The molecule has 2 unspecified atom stereocenters. The van der Waals surface area contributed by atoms with Crippen molar-refractivity contribution in [3.8, 4) is 0 Å². The Hall–Kier alpha value is -1.55. The van der Waals surface area contributed by atoms with Gasteiger partial charge in [-0.2, -0.15) is 5.10 Å². The van der Waals surface area contributed by atoms with E-state index in [1.807, 2.05) is 6.20 Å². The van der Waals surface area contributed by atoms with Crippen LogP contribution in [0.4, 0.5) is 5.69 Å². The largest absolute Gasteiger partial charge is 0.380 e. The predicted molar refractivity (Wildman–Crippen MR) is 77.3 cm³/mol. The average molecular weight is 259 g/mol. The third kappa shape index (κ3) is 2.00. The van der Waals surface area contributed by atoms with Crippen LogP contribution in [0, 0.1) is 5.41 Å². The molecule has 4 nitrogen and oxygen atoms in total. The normalized spacial score (nSPS) is 25.2. The second-order valence-corrected chi connectivity index (χ2v) is 5.84. The minimum absolute atomic E-state index is 0.165. The summed E-state index contributed by atoms with van der Waals surface area (Å²) in [6.07, 6.45) is 3.27. The van der Waals surface area contributed by atoms with E-state index in [2.05, 4.69) is 54.5 Å². The quantitative estimate of drug-likeness (QED) is 0.886. The minimum atomic E-state index is 0.165. The van der Waals surface area contributed by atoms with Crippen LogP contribution in [0.1, 0.15) is 27.2 Å². The van der Waals surface area contributed by atoms with E-state index in [1.54, 1.807) is 0 Å². The van der Waals surface area contributed by atoms with Crippen LogP contribution in [0.5, 0.6) is 0 Å². The fraction of sp³-hybridized carbons (Fsp3) is 0.533. The van der Waals surface area contributed by atoms with Gasteiger partial charge in [0.2, 0.25) is 0 Å². The number of hydrogen-bond acceptors (Lipinski definition) is 3. The van der Waals surface area contributed by atoms with Gasteiger partial charge in [0.1, 0.15) is 0 Å². The molecular formula is C15H21N3O. The van der Waals surface area contributed by atoms with Crippen molar-refractivity contribution in [3.63, 3.8) is 0 Å². The Labute approximate surface area is 113 Å². The van der Waals surface area contributed by atoms with Gasteiger partial charge in [0.05, 0.1) is 23.5 Å². The highest BCUT2D eigenvalue weighted by molar-refractivity contribution is 5.90. The maximum atomic E-state index is 5.77. The first kappa shape index (κ1) is 12.5. The van der Waals surface area contributed by atoms with Gasteiger partial charge in [-0.15, -0.1) is 0 Å². The van der Waals surface area contributed by atoms with Gasteiger partial charge < -0.3 is 10.1 Å². The van der Waals surface area contributed by atoms with Gasteiger partial charge in [0.25, 0.3) is 0 Å². The van der Waals surface area contributed by atoms with Gasteiger partial charge in [-0.25, -0.2) is 0 Å². The molecule has 0 radical (unpaired) electrons. The lowest BCUT2D eigenvalue weighted by Gasteiger charge is -2.52.